The summed E-state index contributed by atoms with van der Waals surface area (Å²) in [7, 11) is 0. The van der Waals surface area contributed by atoms with Crippen molar-refractivity contribution < 1.29 is 44.7 Å². The standard InChI is InChI=1S/C11H18N2O9/c1-11(12,22)4-13(5(9(18)19)2-7(14)15)6(10(20)21)3-8(16)17/h5-6,22H,2-4,12H2,1H3,(H,14,15)(H,16,17)(H,18,19)(H,20,21). The summed E-state index contributed by atoms with van der Waals surface area (Å²) in [6, 6.07) is -3.74. The van der Waals surface area contributed by atoms with E-state index in [2.05, 4.69) is 0 Å². The summed E-state index contributed by atoms with van der Waals surface area (Å²) in [6.07, 6.45) is -1.98. The van der Waals surface area contributed by atoms with E-state index in [1.807, 2.05) is 0 Å². The van der Waals surface area contributed by atoms with E-state index in [4.69, 9.17) is 26.2 Å². The summed E-state index contributed by atoms with van der Waals surface area (Å²) in [5.74, 6) is -6.42. The van der Waals surface area contributed by atoms with Crippen molar-refractivity contribution in [3.63, 3.8) is 0 Å². The van der Waals surface area contributed by atoms with Gasteiger partial charge in [-0.2, -0.15) is 0 Å². The summed E-state index contributed by atoms with van der Waals surface area (Å²) in [5.41, 5.74) is 3.25. The van der Waals surface area contributed by atoms with E-state index >= 15 is 0 Å². The van der Waals surface area contributed by atoms with Crippen LogP contribution in [-0.2, 0) is 19.2 Å². The number of carboxylic acid groups (broad SMARTS) is 4. The van der Waals surface area contributed by atoms with Gasteiger partial charge in [0.1, 0.15) is 17.8 Å². The zero-order chi connectivity index (χ0) is 17.7. The Hall–Kier alpha value is -2.24. The Morgan fingerprint density at radius 1 is 0.955 bits per heavy atom. The lowest BCUT2D eigenvalue weighted by Crippen LogP contribution is -2.59. The molecule has 0 rings (SSSR count). The van der Waals surface area contributed by atoms with Crippen molar-refractivity contribution in [1.82, 2.24) is 4.90 Å². The highest BCUT2D eigenvalue weighted by Crippen LogP contribution is 2.16. The van der Waals surface area contributed by atoms with Crippen LogP contribution in [0, 0.1) is 0 Å². The van der Waals surface area contributed by atoms with Gasteiger partial charge in [-0.05, 0) is 6.92 Å². The third-order valence-corrected chi connectivity index (χ3v) is 2.61. The maximum atomic E-state index is 11.2. The van der Waals surface area contributed by atoms with Crippen LogP contribution in [-0.4, -0.2) is 78.7 Å². The first-order valence-electron chi connectivity index (χ1n) is 6.01. The number of hydrogen-bond acceptors (Lipinski definition) is 7. The molecular weight excluding hydrogens is 304 g/mol. The molecule has 0 radical (unpaired) electrons. The second-order valence-corrected chi connectivity index (χ2v) is 4.93. The molecule has 3 unspecified atom stereocenters. The minimum Gasteiger partial charge on any atom is -0.481 e. The van der Waals surface area contributed by atoms with Gasteiger partial charge in [-0.1, -0.05) is 0 Å². The summed E-state index contributed by atoms with van der Waals surface area (Å²) < 4.78 is 0. The molecule has 0 aliphatic heterocycles. The van der Waals surface area contributed by atoms with Crippen molar-refractivity contribution in [2.24, 2.45) is 5.73 Å². The average molecular weight is 322 g/mol. The van der Waals surface area contributed by atoms with Gasteiger partial charge in [-0.25, -0.2) is 0 Å². The van der Waals surface area contributed by atoms with E-state index in [0.717, 1.165) is 6.92 Å². The fourth-order valence-corrected chi connectivity index (χ4v) is 1.83. The van der Waals surface area contributed by atoms with E-state index in [1.54, 1.807) is 0 Å². The van der Waals surface area contributed by atoms with Crippen molar-refractivity contribution in [2.75, 3.05) is 6.54 Å². The highest BCUT2D eigenvalue weighted by atomic mass is 16.4. The number of carboxylic acids is 4. The number of nitrogens with two attached hydrogens (primary N) is 1. The summed E-state index contributed by atoms with van der Waals surface area (Å²) in [4.78, 5) is 44.5. The molecule has 11 nitrogen and oxygen atoms in total. The van der Waals surface area contributed by atoms with Crippen LogP contribution < -0.4 is 5.73 Å². The fourth-order valence-electron chi connectivity index (χ4n) is 1.83. The van der Waals surface area contributed by atoms with E-state index in [1.165, 1.54) is 0 Å². The van der Waals surface area contributed by atoms with Crippen molar-refractivity contribution in [1.29, 1.82) is 0 Å². The van der Waals surface area contributed by atoms with Crippen LogP contribution in [0.1, 0.15) is 19.8 Å². The first-order chi connectivity index (χ1) is 9.85. The predicted octanol–water partition coefficient (Wildman–Crippen LogP) is -2.19. The Labute approximate surface area is 124 Å². The molecule has 0 aliphatic rings. The number of aliphatic carboxylic acids is 4. The molecule has 0 aromatic rings. The molecule has 0 aliphatic carbocycles. The van der Waals surface area contributed by atoms with Crippen molar-refractivity contribution >= 4 is 23.9 Å². The normalized spacial score (nSPS) is 16.5. The van der Waals surface area contributed by atoms with E-state index in [0.29, 0.717) is 4.90 Å². The van der Waals surface area contributed by atoms with E-state index in [-0.39, 0.29) is 0 Å². The van der Waals surface area contributed by atoms with Crippen LogP contribution >= 0.6 is 0 Å². The number of nitrogens with zero attached hydrogens (tertiary/aromatic N) is 1. The molecule has 22 heavy (non-hydrogen) atoms. The molecular formula is C11H18N2O9. The predicted molar refractivity (Wildman–Crippen MR) is 68.9 cm³/mol. The number of rotatable bonds is 10. The molecule has 0 saturated carbocycles. The highest BCUT2D eigenvalue weighted by molar-refractivity contribution is 5.84. The largest absolute Gasteiger partial charge is 0.481 e. The van der Waals surface area contributed by atoms with Crippen LogP contribution in [0.15, 0.2) is 0 Å². The smallest absolute Gasteiger partial charge is 0.321 e. The van der Waals surface area contributed by atoms with Gasteiger partial charge in [-0.15, -0.1) is 0 Å². The minimum atomic E-state index is -2.06. The third-order valence-electron chi connectivity index (χ3n) is 2.61. The van der Waals surface area contributed by atoms with Crippen LogP contribution in [0.2, 0.25) is 0 Å². The van der Waals surface area contributed by atoms with Gasteiger partial charge in [0, 0.05) is 6.54 Å². The summed E-state index contributed by atoms with van der Waals surface area (Å²) in [6.45, 7) is 0.293. The van der Waals surface area contributed by atoms with Crippen molar-refractivity contribution in [3.05, 3.63) is 0 Å². The Balaban J connectivity index is 5.73. The molecule has 0 amide bonds. The van der Waals surface area contributed by atoms with Gasteiger partial charge in [0.25, 0.3) is 0 Å². The monoisotopic (exact) mass is 322 g/mol. The Morgan fingerprint density at radius 2 is 1.27 bits per heavy atom. The molecule has 0 bridgehead atoms. The van der Waals surface area contributed by atoms with Crippen LogP contribution in [0.25, 0.3) is 0 Å². The lowest BCUT2D eigenvalue weighted by atomic mass is 10.0. The van der Waals surface area contributed by atoms with Crippen LogP contribution in [0.5, 0.6) is 0 Å². The molecule has 7 N–H and O–H groups in total. The molecule has 0 saturated heterocycles. The highest BCUT2D eigenvalue weighted by Gasteiger charge is 2.40. The van der Waals surface area contributed by atoms with E-state index < -0.39 is 61.1 Å². The van der Waals surface area contributed by atoms with Crippen molar-refractivity contribution in [2.45, 2.75) is 37.6 Å². The maximum Gasteiger partial charge on any atom is 0.321 e. The number of hydrogen-bond donors (Lipinski definition) is 6. The second kappa shape index (κ2) is 7.68. The molecule has 0 aromatic carbocycles. The van der Waals surface area contributed by atoms with Crippen LogP contribution in [0.4, 0.5) is 0 Å². The molecule has 0 fully saturated rings. The van der Waals surface area contributed by atoms with Gasteiger partial charge in [0.2, 0.25) is 0 Å². The average Bonchev–Trinajstić information content (AvgIpc) is 2.28. The maximum absolute atomic E-state index is 11.2. The lowest BCUT2D eigenvalue weighted by Gasteiger charge is -2.36. The quantitative estimate of drug-likeness (QED) is 0.239. The molecule has 0 heterocycles. The van der Waals surface area contributed by atoms with Gasteiger partial charge in [0.15, 0.2) is 0 Å². The SMILES string of the molecule is CC(N)(O)CN(C(CC(=O)O)C(=O)O)C(CC(=O)O)C(=O)O. The zero-order valence-electron chi connectivity index (χ0n) is 11.7. The summed E-state index contributed by atoms with van der Waals surface area (Å²) >= 11 is 0. The second-order valence-electron chi connectivity index (χ2n) is 4.93. The Bertz CT molecular complexity index is 423. The molecule has 11 heteroatoms. The van der Waals surface area contributed by atoms with Gasteiger partial charge < -0.3 is 31.3 Å². The zero-order valence-corrected chi connectivity index (χ0v) is 11.7. The lowest BCUT2D eigenvalue weighted by molar-refractivity contribution is -0.160. The first kappa shape index (κ1) is 19.8. The van der Waals surface area contributed by atoms with Gasteiger partial charge >= 0.3 is 23.9 Å². The first-order valence-corrected chi connectivity index (χ1v) is 6.01. The minimum absolute atomic E-state index is 0.549. The van der Waals surface area contributed by atoms with Gasteiger partial charge in [-0.3, -0.25) is 24.1 Å². The Kier molecular flexibility index (Phi) is 6.90. The van der Waals surface area contributed by atoms with Crippen LogP contribution in [0.3, 0.4) is 0 Å². The van der Waals surface area contributed by atoms with E-state index in [9.17, 15) is 24.3 Å². The van der Waals surface area contributed by atoms with Gasteiger partial charge in [0.05, 0.1) is 12.8 Å². The van der Waals surface area contributed by atoms with Crippen molar-refractivity contribution in [3.8, 4) is 0 Å². The number of aliphatic hydroxyl groups is 1. The fraction of sp³-hybridized carbons (Fsp3) is 0.636. The molecule has 126 valence electrons. The topological polar surface area (TPSA) is 199 Å². The Morgan fingerprint density at radius 3 is 1.45 bits per heavy atom. The third kappa shape index (κ3) is 6.97. The summed E-state index contributed by atoms with van der Waals surface area (Å²) in [5, 5.41) is 45.2. The molecule has 3 atom stereocenters. The number of carbonyl (C=O) groups is 4. The molecule has 0 spiro atoms. The molecule has 0 aromatic heterocycles.